The third-order valence-corrected chi connectivity index (χ3v) is 2.91. The highest BCUT2D eigenvalue weighted by molar-refractivity contribution is 5.90. The van der Waals surface area contributed by atoms with Crippen LogP contribution in [0.1, 0.15) is 17.4 Å². The van der Waals surface area contributed by atoms with E-state index in [4.69, 9.17) is 0 Å². The summed E-state index contributed by atoms with van der Waals surface area (Å²) in [5.74, 6) is -3.89. The number of carbonyl (C=O) groups is 1. The fraction of sp³-hybridized carbons (Fsp3) is 0.214. The largest absolute Gasteiger partial charge is 0.501 e. The molecule has 0 radical (unpaired) electrons. The Morgan fingerprint density at radius 1 is 1.41 bits per heavy atom. The molecule has 0 atom stereocenters. The molecule has 0 saturated carbocycles. The Bertz CT molecular complexity index is 802. The van der Waals surface area contributed by atoms with Gasteiger partial charge in [0.05, 0.1) is 12.2 Å². The van der Waals surface area contributed by atoms with Crippen molar-refractivity contribution in [3.05, 3.63) is 45.9 Å². The molecule has 6 nitrogen and oxygen atoms in total. The van der Waals surface area contributed by atoms with E-state index in [2.05, 4.69) is 9.72 Å². The molecule has 0 aliphatic rings. The first-order valence-electron chi connectivity index (χ1n) is 6.29. The van der Waals surface area contributed by atoms with E-state index < -0.39 is 34.6 Å². The lowest BCUT2D eigenvalue weighted by molar-refractivity contribution is 0.0515. The SMILES string of the molecule is CCOC(=O)c1nc(-c2ccc(F)cc2F)n(C)c(=O)c1O. The molecule has 1 aromatic heterocycles. The van der Waals surface area contributed by atoms with Gasteiger partial charge in [0.25, 0.3) is 5.56 Å². The van der Waals surface area contributed by atoms with Gasteiger partial charge in [-0.05, 0) is 19.1 Å². The van der Waals surface area contributed by atoms with Gasteiger partial charge in [0.2, 0.25) is 5.75 Å². The van der Waals surface area contributed by atoms with E-state index in [1.807, 2.05) is 0 Å². The molecule has 116 valence electrons. The molecule has 0 bridgehead atoms. The Balaban J connectivity index is 2.71. The molecule has 0 unspecified atom stereocenters. The molecular formula is C14H12F2N2O4. The Kier molecular flexibility index (Phi) is 4.20. The molecule has 1 aromatic carbocycles. The van der Waals surface area contributed by atoms with Gasteiger partial charge in [0, 0.05) is 13.1 Å². The first-order chi connectivity index (χ1) is 10.4. The summed E-state index contributed by atoms with van der Waals surface area (Å²) in [6.07, 6.45) is 0. The minimum absolute atomic E-state index is 0.00933. The van der Waals surface area contributed by atoms with Crippen molar-refractivity contribution in [3.63, 3.8) is 0 Å². The van der Waals surface area contributed by atoms with Gasteiger partial charge in [-0.2, -0.15) is 0 Å². The van der Waals surface area contributed by atoms with Crippen LogP contribution in [-0.2, 0) is 11.8 Å². The summed E-state index contributed by atoms with van der Waals surface area (Å²) < 4.78 is 32.4. The van der Waals surface area contributed by atoms with Crippen LogP contribution in [0.5, 0.6) is 5.75 Å². The molecule has 0 fully saturated rings. The molecule has 2 aromatic rings. The molecular weight excluding hydrogens is 298 g/mol. The molecule has 1 N–H and O–H groups in total. The Morgan fingerprint density at radius 3 is 2.68 bits per heavy atom. The van der Waals surface area contributed by atoms with Gasteiger partial charge < -0.3 is 9.84 Å². The number of hydrogen-bond acceptors (Lipinski definition) is 5. The van der Waals surface area contributed by atoms with Crippen LogP contribution >= 0.6 is 0 Å². The molecule has 0 aliphatic carbocycles. The lowest BCUT2D eigenvalue weighted by Crippen LogP contribution is -2.24. The van der Waals surface area contributed by atoms with E-state index in [0.717, 1.165) is 16.7 Å². The standard InChI is InChI=1S/C14H12F2N2O4/c1-3-22-14(21)10-11(19)13(20)18(2)12(17-10)8-5-4-7(15)6-9(8)16/h4-6,19H,3H2,1-2H3. The molecule has 0 aliphatic heterocycles. The van der Waals surface area contributed by atoms with Crippen molar-refractivity contribution in [2.45, 2.75) is 6.92 Å². The van der Waals surface area contributed by atoms with E-state index in [1.54, 1.807) is 0 Å². The second kappa shape index (κ2) is 5.92. The second-order valence-electron chi connectivity index (χ2n) is 4.34. The summed E-state index contributed by atoms with van der Waals surface area (Å²) in [5.41, 5.74) is -1.76. The maximum absolute atomic E-state index is 13.9. The van der Waals surface area contributed by atoms with Crippen molar-refractivity contribution in [2.75, 3.05) is 6.61 Å². The lowest BCUT2D eigenvalue weighted by Gasteiger charge is -2.11. The van der Waals surface area contributed by atoms with Crippen molar-refractivity contribution in [3.8, 4) is 17.1 Å². The van der Waals surface area contributed by atoms with Gasteiger partial charge in [0.15, 0.2) is 5.69 Å². The first-order valence-corrected chi connectivity index (χ1v) is 6.29. The van der Waals surface area contributed by atoms with Crippen molar-refractivity contribution in [1.82, 2.24) is 9.55 Å². The minimum Gasteiger partial charge on any atom is -0.501 e. The number of carbonyl (C=O) groups excluding carboxylic acids is 1. The highest BCUT2D eigenvalue weighted by Crippen LogP contribution is 2.23. The number of halogens is 2. The van der Waals surface area contributed by atoms with Gasteiger partial charge in [-0.3, -0.25) is 9.36 Å². The number of rotatable bonds is 3. The fourth-order valence-corrected chi connectivity index (χ4v) is 1.84. The molecule has 1 heterocycles. The summed E-state index contributed by atoms with van der Waals surface area (Å²) in [4.78, 5) is 27.4. The average molecular weight is 310 g/mol. The Hall–Kier alpha value is -2.77. The first kappa shape index (κ1) is 15.6. The highest BCUT2D eigenvalue weighted by atomic mass is 19.1. The molecule has 0 saturated heterocycles. The van der Waals surface area contributed by atoms with Crippen molar-refractivity contribution in [1.29, 1.82) is 0 Å². The van der Waals surface area contributed by atoms with E-state index in [1.165, 1.54) is 14.0 Å². The van der Waals surface area contributed by atoms with E-state index in [0.29, 0.717) is 6.07 Å². The molecule has 0 amide bonds. The number of ether oxygens (including phenoxy) is 1. The predicted molar refractivity (Wildman–Crippen MR) is 72.5 cm³/mol. The van der Waals surface area contributed by atoms with Crippen LogP contribution in [-0.4, -0.2) is 27.2 Å². The predicted octanol–water partition coefficient (Wildman–Crippen LogP) is 1.61. The number of aromatic hydroxyl groups is 1. The van der Waals surface area contributed by atoms with E-state index >= 15 is 0 Å². The zero-order chi connectivity index (χ0) is 16.4. The smallest absolute Gasteiger partial charge is 0.361 e. The zero-order valence-corrected chi connectivity index (χ0v) is 11.8. The highest BCUT2D eigenvalue weighted by Gasteiger charge is 2.23. The van der Waals surface area contributed by atoms with Crippen LogP contribution in [0.3, 0.4) is 0 Å². The minimum atomic E-state index is -1.01. The quantitative estimate of drug-likeness (QED) is 0.871. The van der Waals surface area contributed by atoms with Gasteiger partial charge in [-0.25, -0.2) is 18.6 Å². The third-order valence-electron chi connectivity index (χ3n) is 2.91. The van der Waals surface area contributed by atoms with Crippen molar-refractivity contribution in [2.24, 2.45) is 7.05 Å². The number of nitrogens with zero attached hydrogens (tertiary/aromatic N) is 2. The molecule has 2 rings (SSSR count). The summed E-state index contributed by atoms with van der Waals surface area (Å²) in [6.45, 7) is 1.55. The third kappa shape index (κ3) is 2.67. The van der Waals surface area contributed by atoms with Crippen LogP contribution < -0.4 is 5.56 Å². The molecule has 8 heteroatoms. The van der Waals surface area contributed by atoms with Gasteiger partial charge in [0.1, 0.15) is 17.5 Å². The fourth-order valence-electron chi connectivity index (χ4n) is 1.84. The number of esters is 1. The summed E-state index contributed by atoms with van der Waals surface area (Å²) in [7, 11) is 1.24. The van der Waals surface area contributed by atoms with Crippen LogP contribution in [0, 0.1) is 11.6 Å². The van der Waals surface area contributed by atoms with E-state index in [-0.39, 0.29) is 18.0 Å². The summed E-state index contributed by atoms with van der Waals surface area (Å²) in [5, 5.41) is 9.71. The maximum Gasteiger partial charge on any atom is 0.361 e. The number of aromatic nitrogens is 2. The zero-order valence-electron chi connectivity index (χ0n) is 11.8. The second-order valence-corrected chi connectivity index (χ2v) is 4.34. The number of hydrogen-bond donors (Lipinski definition) is 1. The topological polar surface area (TPSA) is 81.4 Å². The Labute approximate surface area is 123 Å². The van der Waals surface area contributed by atoms with Gasteiger partial charge in [-0.15, -0.1) is 0 Å². The maximum atomic E-state index is 13.9. The molecule has 0 spiro atoms. The van der Waals surface area contributed by atoms with Crippen molar-refractivity contribution < 1.29 is 23.4 Å². The normalized spacial score (nSPS) is 10.5. The van der Waals surface area contributed by atoms with Crippen LogP contribution in [0.4, 0.5) is 8.78 Å². The van der Waals surface area contributed by atoms with Crippen molar-refractivity contribution >= 4 is 5.97 Å². The average Bonchev–Trinajstić information content (AvgIpc) is 2.46. The van der Waals surface area contributed by atoms with Crippen LogP contribution in [0.2, 0.25) is 0 Å². The number of benzene rings is 1. The summed E-state index contributed by atoms with van der Waals surface area (Å²) in [6, 6.07) is 2.69. The van der Waals surface area contributed by atoms with Gasteiger partial charge >= 0.3 is 5.97 Å². The summed E-state index contributed by atoms with van der Waals surface area (Å²) >= 11 is 0. The van der Waals surface area contributed by atoms with Gasteiger partial charge in [-0.1, -0.05) is 0 Å². The van der Waals surface area contributed by atoms with E-state index in [9.17, 15) is 23.5 Å². The van der Waals surface area contributed by atoms with Crippen LogP contribution in [0.15, 0.2) is 23.0 Å². The van der Waals surface area contributed by atoms with Crippen LogP contribution in [0.25, 0.3) is 11.4 Å². The Morgan fingerprint density at radius 2 is 2.09 bits per heavy atom. The lowest BCUT2D eigenvalue weighted by atomic mass is 10.2. The molecule has 22 heavy (non-hydrogen) atoms. The monoisotopic (exact) mass is 310 g/mol.